The molecule has 4 aromatic rings. The maximum Gasteiger partial charge on any atom is 0.255 e. The van der Waals surface area contributed by atoms with E-state index >= 15 is 0 Å². The second-order valence-corrected chi connectivity index (χ2v) is 9.29. The number of nitrogens with zero attached hydrogens (tertiary/aromatic N) is 3. The number of likely N-dealkylation sites (tertiary alicyclic amines) is 1. The normalized spacial score (nSPS) is 19.5. The Morgan fingerprint density at radius 2 is 2.03 bits per heavy atom. The van der Waals surface area contributed by atoms with Gasteiger partial charge in [-0.2, -0.15) is 5.10 Å². The van der Waals surface area contributed by atoms with E-state index in [0.29, 0.717) is 47.1 Å². The van der Waals surface area contributed by atoms with Crippen LogP contribution in [0.15, 0.2) is 41.1 Å². The summed E-state index contributed by atoms with van der Waals surface area (Å²) in [5.41, 5.74) is 3.08. The molecule has 1 N–H and O–H groups in total. The lowest BCUT2D eigenvalue weighted by atomic mass is 9.94. The van der Waals surface area contributed by atoms with Crippen molar-refractivity contribution in [2.45, 2.75) is 32.3 Å². The molecule has 2 aliphatic rings. The van der Waals surface area contributed by atoms with Crippen molar-refractivity contribution >= 4 is 28.3 Å². The first-order valence-electron chi connectivity index (χ1n) is 11.7. The predicted octanol–water partition coefficient (Wildman–Crippen LogP) is 3.85. The third-order valence-corrected chi connectivity index (χ3v) is 7.21. The van der Waals surface area contributed by atoms with E-state index < -0.39 is 0 Å². The second kappa shape index (κ2) is 7.84. The molecule has 0 radical (unpaired) electrons. The summed E-state index contributed by atoms with van der Waals surface area (Å²) in [4.78, 5) is 27.4. The highest BCUT2D eigenvalue weighted by Crippen LogP contribution is 2.38. The maximum absolute atomic E-state index is 13.3. The van der Waals surface area contributed by atoms with Gasteiger partial charge in [-0.05, 0) is 38.0 Å². The standard InChI is InChI=1S/C26H26N4O5/c1-15-19(25(32)29-10-7-26(14-29)8-11-33-26)13-30-23(15)20(6-9-28-30)35-17-4-5-18-21(12-17)34-16(2)22(18)24(31)27-3/h4-6,9,12-13H,7-8,10-11,14H2,1-3H3,(H,27,31)/t26-/m1/s1. The van der Waals surface area contributed by atoms with Crippen LogP contribution in [-0.2, 0) is 4.74 Å². The smallest absolute Gasteiger partial charge is 0.255 e. The summed E-state index contributed by atoms with van der Waals surface area (Å²) in [6.07, 6.45) is 5.30. The number of furan rings is 1. The van der Waals surface area contributed by atoms with E-state index in [1.165, 1.54) is 0 Å². The first-order valence-corrected chi connectivity index (χ1v) is 11.7. The Balaban J connectivity index is 1.32. The fraction of sp³-hybridized carbons (Fsp3) is 0.346. The van der Waals surface area contributed by atoms with Crippen molar-refractivity contribution in [3.05, 3.63) is 59.1 Å². The van der Waals surface area contributed by atoms with Crippen LogP contribution in [0.2, 0.25) is 0 Å². The van der Waals surface area contributed by atoms with Crippen molar-refractivity contribution < 1.29 is 23.5 Å². The number of hydrogen-bond acceptors (Lipinski definition) is 6. The second-order valence-electron chi connectivity index (χ2n) is 9.29. The summed E-state index contributed by atoms with van der Waals surface area (Å²) in [6.45, 7) is 5.78. The van der Waals surface area contributed by atoms with E-state index in [1.54, 1.807) is 49.1 Å². The number of carbonyl (C=O) groups is 2. The van der Waals surface area contributed by atoms with Gasteiger partial charge in [0.05, 0.1) is 36.1 Å². The van der Waals surface area contributed by atoms with E-state index in [9.17, 15) is 9.59 Å². The topological polar surface area (TPSA) is 98.3 Å². The summed E-state index contributed by atoms with van der Waals surface area (Å²) in [7, 11) is 1.59. The Kier molecular flexibility index (Phi) is 4.86. The van der Waals surface area contributed by atoms with Gasteiger partial charge in [-0.1, -0.05) is 0 Å². The summed E-state index contributed by atoms with van der Waals surface area (Å²) in [6, 6.07) is 7.15. The number of amides is 2. The lowest BCUT2D eigenvalue weighted by Crippen LogP contribution is -2.46. The van der Waals surface area contributed by atoms with Crippen molar-refractivity contribution in [1.82, 2.24) is 19.8 Å². The molecule has 2 saturated heterocycles. The van der Waals surface area contributed by atoms with Gasteiger partial charge in [0.25, 0.3) is 11.8 Å². The highest BCUT2D eigenvalue weighted by Gasteiger charge is 2.46. The van der Waals surface area contributed by atoms with E-state index in [4.69, 9.17) is 13.9 Å². The number of ether oxygens (including phenoxy) is 2. The highest BCUT2D eigenvalue weighted by molar-refractivity contribution is 6.07. The van der Waals surface area contributed by atoms with Crippen molar-refractivity contribution in [3.63, 3.8) is 0 Å². The molecule has 0 bridgehead atoms. The quantitative estimate of drug-likeness (QED) is 0.482. The molecule has 2 fully saturated rings. The van der Waals surface area contributed by atoms with Crippen LogP contribution >= 0.6 is 0 Å². The zero-order valence-corrected chi connectivity index (χ0v) is 19.9. The monoisotopic (exact) mass is 474 g/mol. The number of carbonyl (C=O) groups excluding carboxylic acids is 2. The molecule has 9 heteroatoms. The number of nitrogens with one attached hydrogen (secondary N) is 1. The average molecular weight is 475 g/mol. The largest absolute Gasteiger partial charge is 0.460 e. The zero-order valence-electron chi connectivity index (χ0n) is 19.9. The third-order valence-electron chi connectivity index (χ3n) is 7.21. The van der Waals surface area contributed by atoms with Crippen LogP contribution in [0.4, 0.5) is 0 Å². The first kappa shape index (κ1) is 21.7. The van der Waals surface area contributed by atoms with Gasteiger partial charge in [0.1, 0.15) is 22.6 Å². The molecule has 1 atom stereocenters. The maximum atomic E-state index is 13.3. The summed E-state index contributed by atoms with van der Waals surface area (Å²) in [5.74, 6) is 1.47. The highest BCUT2D eigenvalue weighted by atomic mass is 16.5. The van der Waals surface area contributed by atoms with E-state index in [2.05, 4.69) is 10.4 Å². The molecule has 1 aromatic carbocycles. The molecule has 180 valence electrons. The Labute approximate surface area is 201 Å². The number of rotatable bonds is 4. The number of hydrogen-bond donors (Lipinski definition) is 1. The van der Waals surface area contributed by atoms with E-state index in [0.717, 1.165) is 35.9 Å². The summed E-state index contributed by atoms with van der Waals surface area (Å²) in [5, 5.41) is 7.77. The van der Waals surface area contributed by atoms with Crippen LogP contribution in [0.3, 0.4) is 0 Å². The minimum Gasteiger partial charge on any atom is -0.460 e. The van der Waals surface area contributed by atoms with Crippen LogP contribution in [0, 0.1) is 13.8 Å². The summed E-state index contributed by atoms with van der Waals surface area (Å²) >= 11 is 0. The molecule has 0 unspecified atom stereocenters. The minimum atomic E-state index is -0.195. The van der Waals surface area contributed by atoms with E-state index in [1.807, 2.05) is 17.9 Å². The lowest BCUT2D eigenvalue weighted by molar-refractivity contribution is -0.135. The lowest BCUT2D eigenvalue weighted by Gasteiger charge is -2.38. The van der Waals surface area contributed by atoms with Crippen LogP contribution in [0.5, 0.6) is 11.5 Å². The van der Waals surface area contributed by atoms with Crippen LogP contribution in [0.25, 0.3) is 16.5 Å². The Bertz CT molecular complexity index is 1500. The SMILES string of the molecule is CNC(=O)c1c(C)oc2cc(Oc3ccnn4cc(C(=O)N5CC[C@@]6(CCO6)C5)c(C)c34)ccc12. The predicted molar refractivity (Wildman–Crippen MR) is 128 cm³/mol. The molecular weight excluding hydrogens is 448 g/mol. The molecule has 9 nitrogen and oxygen atoms in total. The van der Waals surface area contributed by atoms with Crippen LogP contribution in [0.1, 0.15) is 44.9 Å². The minimum absolute atomic E-state index is 0.0134. The molecule has 5 heterocycles. The van der Waals surface area contributed by atoms with Gasteiger partial charge >= 0.3 is 0 Å². The van der Waals surface area contributed by atoms with Gasteiger partial charge < -0.3 is 24.1 Å². The molecule has 3 aromatic heterocycles. The van der Waals surface area contributed by atoms with Gasteiger partial charge in [-0.15, -0.1) is 0 Å². The number of aromatic nitrogens is 2. The Morgan fingerprint density at radius 1 is 1.20 bits per heavy atom. The number of benzene rings is 1. The molecule has 0 saturated carbocycles. The van der Waals surface area contributed by atoms with Gasteiger partial charge in [0, 0.05) is 43.7 Å². The van der Waals surface area contributed by atoms with Crippen molar-refractivity contribution in [2.24, 2.45) is 0 Å². The first-order chi connectivity index (χ1) is 16.9. The Hall–Kier alpha value is -3.85. The third kappa shape index (κ3) is 3.37. The molecule has 35 heavy (non-hydrogen) atoms. The van der Waals surface area contributed by atoms with Gasteiger partial charge in [-0.25, -0.2) is 4.52 Å². The molecule has 6 rings (SSSR count). The molecule has 0 aliphatic carbocycles. The summed E-state index contributed by atoms with van der Waals surface area (Å²) < 4.78 is 19.5. The number of fused-ring (bicyclic) bond motifs is 2. The van der Waals surface area contributed by atoms with Gasteiger partial charge in [0.2, 0.25) is 0 Å². The fourth-order valence-electron chi connectivity index (χ4n) is 5.22. The van der Waals surface area contributed by atoms with Crippen molar-refractivity contribution in [1.29, 1.82) is 0 Å². The van der Waals surface area contributed by atoms with Gasteiger partial charge in [-0.3, -0.25) is 9.59 Å². The van der Waals surface area contributed by atoms with E-state index in [-0.39, 0.29) is 17.4 Å². The molecule has 1 spiro atoms. The van der Waals surface area contributed by atoms with Crippen LogP contribution in [-0.4, -0.2) is 58.7 Å². The Morgan fingerprint density at radius 3 is 2.74 bits per heavy atom. The van der Waals surface area contributed by atoms with Crippen molar-refractivity contribution in [2.75, 3.05) is 26.7 Å². The molecule has 2 aliphatic heterocycles. The number of aryl methyl sites for hydroxylation is 2. The van der Waals surface area contributed by atoms with Gasteiger partial charge in [0.15, 0.2) is 5.75 Å². The zero-order chi connectivity index (χ0) is 24.3. The molecule has 2 amide bonds. The fourth-order valence-corrected chi connectivity index (χ4v) is 5.22. The van der Waals surface area contributed by atoms with Crippen LogP contribution < -0.4 is 10.1 Å². The van der Waals surface area contributed by atoms with Crippen molar-refractivity contribution in [3.8, 4) is 11.5 Å². The average Bonchev–Trinajstić information content (AvgIpc) is 3.51. The molecular formula is C26H26N4O5.